The number of thiophene rings is 1. The minimum Gasteiger partial charge on any atom is -0.458 e. The van der Waals surface area contributed by atoms with E-state index < -0.39 is 0 Å². The Kier molecular flexibility index (Phi) is 11.1. The highest BCUT2D eigenvalue weighted by Gasteiger charge is 2.14. The van der Waals surface area contributed by atoms with E-state index in [1.165, 1.54) is 69.1 Å². The average molecular weight is 325 g/mol. The van der Waals surface area contributed by atoms with E-state index >= 15 is 0 Å². The summed E-state index contributed by atoms with van der Waals surface area (Å²) in [6, 6.07) is 3.72. The fourth-order valence-corrected chi connectivity index (χ4v) is 3.24. The topological polar surface area (TPSA) is 26.3 Å². The van der Waals surface area contributed by atoms with Crippen molar-refractivity contribution in [2.45, 2.75) is 90.6 Å². The lowest BCUT2D eigenvalue weighted by Gasteiger charge is -2.15. The first kappa shape index (κ1) is 19.2. The van der Waals surface area contributed by atoms with Crippen molar-refractivity contribution in [3.8, 4) is 0 Å². The van der Waals surface area contributed by atoms with Gasteiger partial charge in [-0.15, -0.1) is 11.3 Å². The molecule has 0 saturated heterocycles. The molecule has 0 spiro atoms. The first-order chi connectivity index (χ1) is 10.8. The van der Waals surface area contributed by atoms with Crippen molar-refractivity contribution in [3.63, 3.8) is 0 Å². The van der Waals surface area contributed by atoms with Gasteiger partial charge < -0.3 is 4.74 Å². The summed E-state index contributed by atoms with van der Waals surface area (Å²) in [5, 5.41) is 1.91. The van der Waals surface area contributed by atoms with Gasteiger partial charge in [0.2, 0.25) is 0 Å². The fraction of sp³-hybridized carbons (Fsp3) is 0.737. The largest absolute Gasteiger partial charge is 0.458 e. The zero-order valence-corrected chi connectivity index (χ0v) is 15.1. The summed E-state index contributed by atoms with van der Waals surface area (Å²) in [6.45, 7) is 4.36. The first-order valence-corrected chi connectivity index (χ1v) is 9.90. The van der Waals surface area contributed by atoms with E-state index in [0.717, 1.165) is 12.8 Å². The van der Waals surface area contributed by atoms with Gasteiger partial charge in [0.05, 0.1) is 0 Å². The Morgan fingerprint density at radius 3 is 2.23 bits per heavy atom. The molecule has 2 nitrogen and oxygen atoms in total. The Balaban J connectivity index is 2.03. The fourth-order valence-electron chi connectivity index (χ4n) is 2.63. The molecular formula is C19H32O2S. The Morgan fingerprint density at radius 2 is 1.68 bits per heavy atom. The Morgan fingerprint density at radius 1 is 1.05 bits per heavy atom. The monoisotopic (exact) mass is 324 g/mol. The summed E-state index contributed by atoms with van der Waals surface area (Å²) < 4.78 is 5.59. The van der Waals surface area contributed by atoms with E-state index in [4.69, 9.17) is 4.74 Å². The third-order valence-corrected chi connectivity index (χ3v) is 4.93. The van der Waals surface area contributed by atoms with Crippen LogP contribution in [-0.4, -0.2) is 12.1 Å². The van der Waals surface area contributed by atoms with Gasteiger partial charge in [0.1, 0.15) is 11.0 Å². The van der Waals surface area contributed by atoms with Crippen LogP contribution in [0, 0.1) is 0 Å². The van der Waals surface area contributed by atoms with Gasteiger partial charge >= 0.3 is 5.97 Å². The van der Waals surface area contributed by atoms with Crippen molar-refractivity contribution >= 4 is 17.3 Å². The van der Waals surface area contributed by atoms with Crippen LogP contribution < -0.4 is 0 Å². The third kappa shape index (κ3) is 8.57. The number of hydrogen-bond donors (Lipinski definition) is 0. The summed E-state index contributed by atoms with van der Waals surface area (Å²) in [6.07, 6.45) is 14.0. The lowest BCUT2D eigenvalue weighted by atomic mass is 10.0. The van der Waals surface area contributed by atoms with Crippen LogP contribution in [0.4, 0.5) is 0 Å². The maximum Gasteiger partial charge on any atom is 0.348 e. The maximum absolute atomic E-state index is 11.9. The second kappa shape index (κ2) is 12.7. The lowest BCUT2D eigenvalue weighted by molar-refractivity contribution is 0.0273. The van der Waals surface area contributed by atoms with Gasteiger partial charge in [-0.1, -0.05) is 71.3 Å². The molecular weight excluding hydrogens is 292 g/mol. The number of unbranched alkanes of at least 4 members (excludes halogenated alkanes) is 8. The highest BCUT2D eigenvalue weighted by atomic mass is 32.1. The molecule has 0 aromatic carbocycles. The van der Waals surface area contributed by atoms with Crippen molar-refractivity contribution in [1.82, 2.24) is 0 Å². The first-order valence-electron chi connectivity index (χ1n) is 9.02. The number of carbonyl (C=O) groups excluding carboxylic acids is 1. The van der Waals surface area contributed by atoms with Gasteiger partial charge in [-0.05, 0) is 30.7 Å². The molecule has 1 aromatic heterocycles. The zero-order valence-electron chi connectivity index (χ0n) is 14.3. The Bertz CT molecular complexity index is 373. The van der Waals surface area contributed by atoms with E-state index in [2.05, 4.69) is 13.8 Å². The molecule has 0 amide bonds. The Hall–Kier alpha value is -0.830. The highest BCUT2D eigenvalue weighted by molar-refractivity contribution is 7.11. The predicted octanol–water partition coefficient (Wildman–Crippen LogP) is 6.60. The van der Waals surface area contributed by atoms with E-state index in [1.54, 1.807) is 0 Å². The minimum absolute atomic E-state index is 0.0826. The third-order valence-electron chi connectivity index (χ3n) is 4.08. The molecule has 1 unspecified atom stereocenters. The average Bonchev–Trinajstić information content (AvgIpc) is 3.06. The van der Waals surface area contributed by atoms with Crippen LogP contribution in [0.2, 0.25) is 0 Å². The molecule has 0 fully saturated rings. The number of hydrogen-bond acceptors (Lipinski definition) is 3. The van der Waals surface area contributed by atoms with Crippen LogP contribution in [0.15, 0.2) is 17.5 Å². The van der Waals surface area contributed by atoms with E-state index in [9.17, 15) is 4.79 Å². The van der Waals surface area contributed by atoms with Gasteiger partial charge in [0.15, 0.2) is 0 Å². The minimum atomic E-state index is -0.155. The number of carbonyl (C=O) groups is 1. The smallest absolute Gasteiger partial charge is 0.348 e. The van der Waals surface area contributed by atoms with E-state index in [0.29, 0.717) is 4.88 Å². The predicted molar refractivity (Wildman–Crippen MR) is 95.7 cm³/mol. The number of ether oxygens (including phenoxy) is 1. The van der Waals surface area contributed by atoms with Gasteiger partial charge in [-0.25, -0.2) is 4.79 Å². The normalized spacial score (nSPS) is 12.3. The summed E-state index contributed by atoms with van der Waals surface area (Å²) in [7, 11) is 0. The quantitative estimate of drug-likeness (QED) is 0.301. The molecule has 1 heterocycles. The molecule has 0 radical (unpaired) electrons. The molecule has 0 N–H and O–H groups in total. The SMILES string of the molecule is CCCCCCCCCCCC(CC)OC(=O)c1cccs1. The molecule has 0 bridgehead atoms. The summed E-state index contributed by atoms with van der Waals surface area (Å²) in [5.74, 6) is -0.155. The van der Waals surface area contributed by atoms with Gasteiger partial charge in [-0.2, -0.15) is 0 Å². The molecule has 0 aliphatic carbocycles. The van der Waals surface area contributed by atoms with Crippen molar-refractivity contribution in [1.29, 1.82) is 0 Å². The highest BCUT2D eigenvalue weighted by Crippen LogP contribution is 2.17. The lowest BCUT2D eigenvalue weighted by Crippen LogP contribution is -2.16. The van der Waals surface area contributed by atoms with Crippen LogP contribution in [0.25, 0.3) is 0 Å². The van der Waals surface area contributed by atoms with Crippen LogP contribution in [0.1, 0.15) is 94.1 Å². The van der Waals surface area contributed by atoms with Crippen molar-refractivity contribution in [2.75, 3.05) is 0 Å². The molecule has 0 saturated carbocycles. The molecule has 126 valence electrons. The standard InChI is InChI=1S/C19H32O2S/c1-3-5-6-7-8-9-10-11-12-14-17(4-2)21-19(20)18-15-13-16-22-18/h13,15-17H,3-12,14H2,1-2H3. The van der Waals surface area contributed by atoms with Crippen LogP contribution in [0.3, 0.4) is 0 Å². The summed E-state index contributed by atoms with van der Waals surface area (Å²) in [5.41, 5.74) is 0. The zero-order chi connectivity index (χ0) is 16.0. The summed E-state index contributed by atoms with van der Waals surface area (Å²) in [4.78, 5) is 12.6. The van der Waals surface area contributed by atoms with E-state index in [-0.39, 0.29) is 12.1 Å². The van der Waals surface area contributed by atoms with Crippen LogP contribution in [0.5, 0.6) is 0 Å². The Labute approximate surface area is 140 Å². The molecule has 0 aliphatic heterocycles. The van der Waals surface area contributed by atoms with Gasteiger partial charge in [0, 0.05) is 0 Å². The number of rotatable bonds is 13. The van der Waals surface area contributed by atoms with Crippen LogP contribution >= 0.6 is 11.3 Å². The second-order valence-corrected chi connectivity index (χ2v) is 6.98. The van der Waals surface area contributed by atoms with Crippen molar-refractivity contribution in [3.05, 3.63) is 22.4 Å². The molecule has 0 aliphatic rings. The molecule has 1 aromatic rings. The maximum atomic E-state index is 11.9. The van der Waals surface area contributed by atoms with Gasteiger partial charge in [0.25, 0.3) is 0 Å². The summed E-state index contributed by atoms with van der Waals surface area (Å²) >= 11 is 1.45. The molecule has 1 atom stereocenters. The number of esters is 1. The molecule has 22 heavy (non-hydrogen) atoms. The van der Waals surface area contributed by atoms with Gasteiger partial charge in [-0.3, -0.25) is 0 Å². The van der Waals surface area contributed by atoms with Crippen molar-refractivity contribution in [2.24, 2.45) is 0 Å². The molecule has 1 rings (SSSR count). The van der Waals surface area contributed by atoms with Crippen molar-refractivity contribution < 1.29 is 9.53 Å². The second-order valence-electron chi connectivity index (χ2n) is 6.03. The molecule has 3 heteroatoms. The van der Waals surface area contributed by atoms with Crippen LogP contribution in [-0.2, 0) is 4.74 Å². The van der Waals surface area contributed by atoms with E-state index in [1.807, 2.05) is 17.5 Å².